The van der Waals surface area contributed by atoms with Gasteiger partial charge in [-0.3, -0.25) is 4.79 Å². The predicted molar refractivity (Wildman–Crippen MR) is 249 cm³/mol. The van der Waals surface area contributed by atoms with Gasteiger partial charge in [-0.05, 0) is 111 Å². The summed E-state index contributed by atoms with van der Waals surface area (Å²) in [4.78, 5) is 26.0. The van der Waals surface area contributed by atoms with Crippen molar-refractivity contribution in [1.29, 1.82) is 0 Å². The number of Topliss-reactive ketones (excluding diaryl/α,β-unsaturated/α-hetero) is 1. The maximum atomic E-state index is 13.1. The molecule has 0 spiro atoms. The Balaban J connectivity index is 0.845. The molecule has 8 rings (SSSR count). The molecular weight excluding hydrogens is 913 g/mol. The minimum absolute atomic E-state index is 0.00323. The van der Waals surface area contributed by atoms with E-state index >= 15 is 0 Å². The number of hydrogen-bond donors (Lipinski definition) is 3. The van der Waals surface area contributed by atoms with E-state index < -0.39 is 116 Å². The first-order valence-corrected chi connectivity index (χ1v) is 25.9. The summed E-state index contributed by atoms with van der Waals surface area (Å²) < 4.78 is 80.7. The number of ketones is 1. The monoisotopic (exact) mass is 995 g/mol. The molecular formula is C52H82O18. The van der Waals surface area contributed by atoms with Gasteiger partial charge in [-0.2, -0.15) is 0 Å². The number of aliphatic hydroxyl groups excluding tert-OH is 2. The Kier molecular flexibility index (Phi) is 17.7. The molecule has 4 heterocycles. The maximum Gasteiger partial charge on any atom is 0.333 e. The molecule has 18 nitrogen and oxygen atoms in total. The van der Waals surface area contributed by atoms with Gasteiger partial charge in [0.25, 0.3) is 0 Å². The second-order valence-corrected chi connectivity index (χ2v) is 21.4. The van der Waals surface area contributed by atoms with Crippen LogP contribution in [0.5, 0.6) is 0 Å². The second-order valence-electron chi connectivity index (χ2n) is 21.4. The van der Waals surface area contributed by atoms with Gasteiger partial charge >= 0.3 is 5.97 Å². The smallest absolute Gasteiger partial charge is 0.333 e. The lowest BCUT2D eigenvalue weighted by Gasteiger charge is -2.55. The van der Waals surface area contributed by atoms with Crippen molar-refractivity contribution in [2.75, 3.05) is 28.4 Å². The lowest BCUT2D eigenvalue weighted by Crippen LogP contribution is -2.63. The van der Waals surface area contributed by atoms with Crippen LogP contribution in [0.2, 0.25) is 0 Å². The van der Waals surface area contributed by atoms with E-state index in [2.05, 4.69) is 6.08 Å². The zero-order valence-corrected chi connectivity index (χ0v) is 43.0. The van der Waals surface area contributed by atoms with E-state index in [1.807, 2.05) is 27.7 Å². The van der Waals surface area contributed by atoms with Gasteiger partial charge in [-0.1, -0.05) is 17.7 Å². The molecule has 25 unspecified atom stereocenters. The van der Waals surface area contributed by atoms with Gasteiger partial charge in [0, 0.05) is 65.1 Å². The number of hydrogen-bond acceptors (Lipinski definition) is 18. The van der Waals surface area contributed by atoms with Crippen LogP contribution >= 0.6 is 0 Å². The molecule has 0 aromatic carbocycles. The Morgan fingerprint density at radius 1 is 0.671 bits per heavy atom. The summed E-state index contributed by atoms with van der Waals surface area (Å²) in [6, 6.07) is 0. The number of aliphatic hydroxyl groups is 3. The number of rotatable bonds is 15. The number of esters is 1. The van der Waals surface area contributed by atoms with Crippen molar-refractivity contribution < 1.29 is 86.5 Å². The van der Waals surface area contributed by atoms with Crippen molar-refractivity contribution in [3.63, 3.8) is 0 Å². The third kappa shape index (κ3) is 10.9. The van der Waals surface area contributed by atoms with Gasteiger partial charge < -0.3 is 76.9 Å². The van der Waals surface area contributed by atoms with Crippen LogP contribution in [0, 0.1) is 29.6 Å². The number of ether oxygens (including phenoxy) is 13. The van der Waals surface area contributed by atoms with Crippen LogP contribution in [0.25, 0.3) is 0 Å². The zero-order valence-electron chi connectivity index (χ0n) is 43.0. The summed E-state index contributed by atoms with van der Waals surface area (Å²) in [5, 5.41) is 34.5. The molecule has 0 bridgehead atoms. The summed E-state index contributed by atoms with van der Waals surface area (Å²) in [6.07, 6.45) is -1.65. The largest absolute Gasteiger partial charge is 0.459 e. The molecule has 0 aromatic rings. The lowest BCUT2D eigenvalue weighted by molar-refractivity contribution is -0.365. The highest BCUT2D eigenvalue weighted by molar-refractivity contribution is 5.88. The Bertz CT molecular complexity index is 1850. The van der Waals surface area contributed by atoms with Crippen molar-refractivity contribution in [2.24, 2.45) is 29.6 Å². The summed E-state index contributed by atoms with van der Waals surface area (Å²) in [7, 11) is 6.29. The predicted octanol–water partition coefficient (Wildman–Crippen LogP) is 4.45. The van der Waals surface area contributed by atoms with Crippen LogP contribution in [0.4, 0.5) is 0 Å². The molecule has 8 aliphatic rings. The average molecular weight is 995 g/mol. The Labute approximate surface area is 413 Å². The Morgan fingerprint density at radius 2 is 1.26 bits per heavy atom. The third-order valence-electron chi connectivity index (χ3n) is 17.4. The highest BCUT2D eigenvalue weighted by Crippen LogP contribution is 2.60. The molecule has 18 heteroatoms. The molecule has 0 radical (unpaired) electrons. The van der Waals surface area contributed by atoms with Crippen molar-refractivity contribution in [2.45, 2.75) is 235 Å². The van der Waals surface area contributed by atoms with Crippen molar-refractivity contribution >= 4 is 11.8 Å². The van der Waals surface area contributed by atoms with Crippen LogP contribution in [0.3, 0.4) is 0 Å². The summed E-state index contributed by atoms with van der Waals surface area (Å²) in [5.74, 6) is -0.711. The number of carbonyl (C=O) groups excluding carboxylic acids is 2. The van der Waals surface area contributed by atoms with Crippen LogP contribution in [-0.4, -0.2) is 178 Å². The topological polar surface area (TPSA) is 215 Å². The van der Waals surface area contributed by atoms with Crippen molar-refractivity contribution in [3.05, 3.63) is 23.3 Å². The molecule has 398 valence electrons. The SMILES string of the molecule is CC=C(C)C(=O)OC1CC2C3CCC(OC4CC(OC)C(OC5CC(OC)C(OC6OC(C)C(OC7CC(OC)C(O)C(C)O7)C(OC)C6O)C(C)O5)C(C)O4)CC3=CCC2C2(O)CCC(C(C)=O)C12. The van der Waals surface area contributed by atoms with E-state index in [1.165, 1.54) is 19.8 Å². The van der Waals surface area contributed by atoms with E-state index in [4.69, 9.17) is 61.6 Å². The minimum Gasteiger partial charge on any atom is -0.459 e. The first-order chi connectivity index (χ1) is 33.4. The molecule has 4 aliphatic heterocycles. The lowest BCUT2D eigenvalue weighted by atomic mass is 9.53. The van der Waals surface area contributed by atoms with Gasteiger partial charge in [-0.15, -0.1) is 0 Å². The van der Waals surface area contributed by atoms with E-state index in [0.717, 1.165) is 25.7 Å². The standard InChI is InChI=1S/C52H82O18/c1-12-24(2)50(56)67-36-20-34-33-15-14-31(19-30(33)13-16-35(34)52(57)18-17-32(25(3)53)43(36)52)66-40-22-38(59-9)46(27(5)63-40)68-42-23-39(60-10)47(28(6)64-42)70-51-45(55)49(61-11)48(29(7)65-51)69-41-21-37(58-8)44(54)26(4)62-41/h12-13,26-29,31-49,51,54-55,57H,14-23H2,1-11H3. The van der Waals surface area contributed by atoms with Crippen LogP contribution < -0.4 is 0 Å². The minimum atomic E-state index is -1.24. The molecule has 0 amide bonds. The highest BCUT2D eigenvalue weighted by Gasteiger charge is 2.64. The first-order valence-electron chi connectivity index (χ1n) is 25.9. The molecule has 3 saturated carbocycles. The molecule has 70 heavy (non-hydrogen) atoms. The molecule has 4 saturated heterocycles. The number of methoxy groups -OCH3 is 4. The van der Waals surface area contributed by atoms with Crippen molar-refractivity contribution in [1.82, 2.24) is 0 Å². The highest BCUT2D eigenvalue weighted by atomic mass is 16.8. The van der Waals surface area contributed by atoms with Gasteiger partial charge in [-0.25, -0.2) is 4.79 Å². The molecule has 3 N–H and O–H groups in total. The number of carbonyl (C=O) groups is 2. The number of fused-ring (bicyclic) bond motifs is 5. The molecule has 7 fully saturated rings. The van der Waals surface area contributed by atoms with E-state index in [1.54, 1.807) is 41.1 Å². The van der Waals surface area contributed by atoms with Gasteiger partial charge in [0.2, 0.25) is 0 Å². The van der Waals surface area contributed by atoms with Crippen LogP contribution in [0.1, 0.15) is 113 Å². The molecule has 25 atom stereocenters. The van der Waals surface area contributed by atoms with E-state index in [0.29, 0.717) is 44.1 Å². The fraction of sp³-hybridized carbons (Fsp3) is 0.885. The quantitative estimate of drug-likeness (QED) is 0.117. The zero-order chi connectivity index (χ0) is 50.3. The van der Waals surface area contributed by atoms with Gasteiger partial charge in [0.15, 0.2) is 25.2 Å². The Hall–Kier alpha value is -1.98. The van der Waals surface area contributed by atoms with Crippen LogP contribution in [-0.2, 0) is 71.2 Å². The third-order valence-corrected chi connectivity index (χ3v) is 17.4. The first kappa shape index (κ1) is 54.3. The summed E-state index contributed by atoms with van der Waals surface area (Å²) in [6.45, 7) is 12.5. The maximum absolute atomic E-state index is 13.1. The fourth-order valence-electron chi connectivity index (χ4n) is 13.6. The van der Waals surface area contributed by atoms with Gasteiger partial charge in [0.1, 0.15) is 48.5 Å². The number of allylic oxidation sites excluding steroid dienone is 2. The normalized spacial score (nSPS) is 48.7. The molecule has 0 aromatic heterocycles. The summed E-state index contributed by atoms with van der Waals surface area (Å²) >= 11 is 0. The average Bonchev–Trinajstić information content (AvgIpc) is 3.71. The van der Waals surface area contributed by atoms with E-state index in [-0.39, 0.29) is 47.6 Å². The molecule has 4 aliphatic carbocycles. The second kappa shape index (κ2) is 22.9. The fourth-order valence-corrected chi connectivity index (χ4v) is 13.6. The van der Waals surface area contributed by atoms with Crippen LogP contribution in [0.15, 0.2) is 23.3 Å². The Morgan fingerprint density at radius 3 is 1.87 bits per heavy atom. The van der Waals surface area contributed by atoms with Gasteiger partial charge in [0.05, 0.1) is 54.4 Å². The summed E-state index contributed by atoms with van der Waals surface area (Å²) in [5.41, 5.74) is 0.769. The van der Waals surface area contributed by atoms with Crippen molar-refractivity contribution in [3.8, 4) is 0 Å². The van der Waals surface area contributed by atoms with E-state index in [9.17, 15) is 24.9 Å².